The van der Waals surface area contributed by atoms with Gasteiger partial charge in [-0.1, -0.05) is 6.07 Å². The molecule has 2 unspecified atom stereocenters. The molecule has 1 aromatic rings. The molecule has 2 saturated heterocycles. The third kappa shape index (κ3) is 4.64. The maximum Gasteiger partial charge on any atom is 0.247 e. The van der Waals surface area contributed by atoms with Crippen molar-refractivity contribution in [2.24, 2.45) is 0 Å². The van der Waals surface area contributed by atoms with Crippen LogP contribution in [0.3, 0.4) is 0 Å². The first-order valence-electron chi connectivity index (χ1n) is 10.3. The van der Waals surface area contributed by atoms with Crippen molar-refractivity contribution in [1.82, 2.24) is 5.32 Å². The predicted molar refractivity (Wildman–Crippen MR) is 106 cm³/mol. The summed E-state index contributed by atoms with van der Waals surface area (Å²) < 4.78 is 35.4. The summed E-state index contributed by atoms with van der Waals surface area (Å²) in [7, 11) is 0. The third-order valence-corrected chi connectivity index (χ3v) is 5.80. The van der Waals surface area contributed by atoms with Crippen LogP contribution in [0.15, 0.2) is 23.8 Å². The van der Waals surface area contributed by atoms with Gasteiger partial charge in [-0.25, -0.2) is 4.39 Å². The van der Waals surface area contributed by atoms with Crippen LogP contribution in [0.5, 0.6) is 5.75 Å². The molecule has 1 amide bonds. The Bertz CT molecular complexity index is 881. The molecule has 0 spiro atoms. The minimum atomic E-state index is -1.46. The number of fused-ring (bicyclic) bond motifs is 1. The van der Waals surface area contributed by atoms with Crippen LogP contribution in [-0.4, -0.2) is 88.7 Å². The van der Waals surface area contributed by atoms with E-state index in [1.807, 2.05) is 0 Å². The molecule has 176 valence electrons. The number of halogens is 1. The molecule has 2 heterocycles. The van der Waals surface area contributed by atoms with E-state index in [1.54, 1.807) is 6.07 Å². The number of benzene rings is 1. The molecule has 1 aliphatic carbocycles. The molecule has 10 nitrogen and oxygen atoms in total. The average Bonchev–Trinajstić information content (AvgIpc) is 3.40. The number of carbonyl (C=O) groups is 1. The quantitative estimate of drug-likeness (QED) is 0.354. The second kappa shape index (κ2) is 9.40. The summed E-state index contributed by atoms with van der Waals surface area (Å²) in [6.07, 6.45) is -5.56. The average molecular weight is 455 g/mol. The standard InChI is InChI=1S/C21H26FNO9/c1-9(4-10-2-3-13(12(22)5-10)32-14-6-11(24)7-29-14)21(28)23-15-16(25)18(27)20-19(17(15)26)30-8-31-20/h2-5,11,14-20,24-27H,6-8H2,1H3,(H,23,28)/b9-4+/t11-,14?,15?,16-,17+,18+,19-,20+/m0/s1. The normalized spacial score (nSPS) is 37.2. The van der Waals surface area contributed by atoms with Crippen LogP contribution in [0.1, 0.15) is 18.9 Å². The molecule has 8 atom stereocenters. The summed E-state index contributed by atoms with van der Waals surface area (Å²) >= 11 is 0. The van der Waals surface area contributed by atoms with Gasteiger partial charge in [0.05, 0.1) is 18.8 Å². The highest BCUT2D eigenvalue weighted by Gasteiger charge is 2.53. The second-order valence-corrected chi connectivity index (χ2v) is 8.14. The van der Waals surface area contributed by atoms with Crippen molar-refractivity contribution in [3.8, 4) is 5.75 Å². The summed E-state index contributed by atoms with van der Waals surface area (Å²) in [6.45, 7) is 1.49. The SMILES string of the molecule is C/C(=C\c1ccc(OC2C[C@H](O)CO2)c(F)c1)C(=O)NC1[C@@H](O)[C@@H]2OCO[C@@H]2[C@H](O)[C@H]1O. The number of hydrogen-bond acceptors (Lipinski definition) is 9. The van der Waals surface area contributed by atoms with Gasteiger partial charge in [0.15, 0.2) is 11.6 Å². The van der Waals surface area contributed by atoms with E-state index in [0.29, 0.717) is 5.56 Å². The lowest BCUT2D eigenvalue weighted by molar-refractivity contribution is -0.155. The number of aliphatic hydroxyl groups is 4. The van der Waals surface area contributed by atoms with Gasteiger partial charge in [0.25, 0.3) is 0 Å². The maximum atomic E-state index is 14.4. The largest absolute Gasteiger partial charge is 0.462 e. The van der Waals surface area contributed by atoms with Gasteiger partial charge in [-0.3, -0.25) is 4.79 Å². The Morgan fingerprint density at radius 1 is 1.12 bits per heavy atom. The zero-order valence-corrected chi connectivity index (χ0v) is 17.3. The zero-order chi connectivity index (χ0) is 23.0. The van der Waals surface area contributed by atoms with E-state index < -0.39 is 60.7 Å². The Morgan fingerprint density at radius 3 is 2.50 bits per heavy atom. The van der Waals surface area contributed by atoms with E-state index in [4.69, 9.17) is 18.9 Å². The van der Waals surface area contributed by atoms with E-state index in [2.05, 4.69) is 5.32 Å². The first kappa shape index (κ1) is 23.1. The lowest BCUT2D eigenvalue weighted by Crippen LogP contribution is -2.67. The Kier molecular flexibility index (Phi) is 6.77. The molecule has 2 aliphatic heterocycles. The van der Waals surface area contributed by atoms with Gasteiger partial charge in [-0.05, 0) is 30.7 Å². The first-order valence-corrected chi connectivity index (χ1v) is 10.3. The summed E-state index contributed by atoms with van der Waals surface area (Å²) in [5.41, 5.74) is 0.562. The number of nitrogens with one attached hydrogen (secondary N) is 1. The number of hydrogen-bond donors (Lipinski definition) is 5. The van der Waals surface area contributed by atoms with Gasteiger partial charge in [0, 0.05) is 12.0 Å². The monoisotopic (exact) mass is 455 g/mol. The van der Waals surface area contributed by atoms with E-state index >= 15 is 0 Å². The first-order chi connectivity index (χ1) is 15.2. The van der Waals surface area contributed by atoms with Crippen LogP contribution in [-0.2, 0) is 19.0 Å². The van der Waals surface area contributed by atoms with Crippen molar-refractivity contribution in [3.05, 3.63) is 35.2 Å². The summed E-state index contributed by atoms with van der Waals surface area (Å²) in [6, 6.07) is 2.93. The molecule has 1 saturated carbocycles. The van der Waals surface area contributed by atoms with Crippen LogP contribution >= 0.6 is 0 Å². The van der Waals surface area contributed by atoms with Crippen LogP contribution < -0.4 is 10.1 Å². The van der Waals surface area contributed by atoms with Crippen molar-refractivity contribution < 1.29 is 48.6 Å². The van der Waals surface area contributed by atoms with Gasteiger partial charge in [-0.2, -0.15) is 0 Å². The third-order valence-electron chi connectivity index (χ3n) is 5.80. The molecule has 1 aromatic carbocycles. The van der Waals surface area contributed by atoms with Gasteiger partial charge in [0.2, 0.25) is 12.2 Å². The fourth-order valence-electron chi connectivity index (χ4n) is 4.04. The van der Waals surface area contributed by atoms with Crippen LogP contribution in [0.2, 0.25) is 0 Å². The topological polar surface area (TPSA) is 147 Å². The fraction of sp³-hybridized carbons (Fsp3) is 0.571. The van der Waals surface area contributed by atoms with Crippen molar-refractivity contribution >= 4 is 12.0 Å². The number of aliphatic hydroxyl groups excluding tert-OH is 4. The smallest absolute Gasteiger partial charge is 0.247 e. The molecule has 3 fully saturated rings. The zero-order valence-electron chi connectivity index (χ0n) is 17.3. The van der Waals surface area contributed by atoms with Gasteiger partial charge >= 0.3 is 0 Å². The summed E-state index contributed by atoms with van der Waals surface area (Å²) in [4.78, 5) is 12.6. The van der Waals surface area contributed by atoms with E-state index in [1.165, 1.54) is 25.1 Å². The minimum absolute atomic E-state index is 0.0425. The fourth-order valence-corrected chi connectivity index (χ4v) is 4.04. The number of rotatable bonds is 5. The lowest BCUT2D eigenvalue weighted by Gasteiger charge is -2.41. The minimum Gasteiger partial charge on any atom is -0.462 e. The molecule has 4 rings (SSSR count). The van der Waals surface area contributed by atoms with Gasteiger partial charge in [-0.15, -0.1) is 0 Å². The molecular formula is C21H26FNO9. The molecule has 3 aliphatic rings. The molecule has 5 N–H and O–H groups in total. The van der Waals surface area contributed by atoms with E-state index in [-0.39, 0.29) is 31.1 Å². The van der Waals surface area contributed by atoms with Crippen LogP contribution in [0, 0.1) is 5.82 Å². The van der Waals surface area contributed by atoms with Gasteiger partial charge in [0.1, 0.15) is 37.3 Å². The highest BCUT2D eigenvalue weighted by Crippen LogP contribution is 2.30. The van der Waals surface area contributed by atoms with Gasteiger partial charge < -0.3 is 44.7 Å². The van der Waals surface area contributed by atoms with E-state index in [9.17, 15) is 29.6 Å². The summed E-state index contributed by atoms with van der Waals surface area (Å²) in [5, 5.41) is 42.9. The van der Waals surface area contributed by atoms with Crippen LogP contribution in [0.4, 0.5) is 4.39 Å². The number of carbonyl (C=O) groups excluding carboxylic acids is 1. The van der Waals surface area contributed by atoms with E-state index in [0.717, 1.165) is 0 Å². The Hall–Kier alpha value is -2.12. The van der Waals surface area contributed by atoms with Crippen molar-refractivity contribution in [2.45, 2.75) is 62.3 Å². The molecule has 0 radical (unpaired) electrons. The summed E-state index contributed by atoms with van der Waals surface area (Å²) in [5.74, 6) is -1.33. The highest BCUT2D eigenvalue weighted by atomic mass is 19.1. The maximum absolute atomic E-state index is 14.4. The Morgan fingerprint density at radius 2 is 1.84 bits per heavy atom. The van der Waals surface area contributed by atoms with Crippen molar-refractivity contribution in [2.75, 3.05) is 13.4 Å². The van der Waals surface area contributed by atoms with Crippen molar-refractivity contribution in [1.29, 1.82) is 0 Å². The molecule has 0 bridgehead atoms. The van der Waals surface area contributed by atoms with Crippen molar-refractivity contribution in [3.63, 3.8) is 0 Å². The molecule has 0 aromatic heterocycles. The number of amides is 1. The van der Waals surface area contributed by atoms with Crippen LogP contribution in [0.25, 0.3) is 6.08 Å². The second-order valence-electron chi connectivity index (χ2n) is 8.14. The Balaban J connectivity index is 1.41. The predicted octanol–water partition coefficient (Wildman–Crippen LogP) is -0.962. The molecule has 11 heteroatoms. The highest BCUT2D eigenvalue weighted by molar-refractivity contribution is 5.97. The lowest BCUT2D eigenvalue weighted by atomic mass is 9.83. The number of ether oxygens (including phenoxy) is 4. The molecular weight excluding hydrogens is 429 g/mol. The Labute approximate surface area is 183 Å². The molecule has 32 heavy (non-hydrogen) atoms.